The van der Waals surface area contributed by atoms with Crippen LogP contribution in [0.15, 0.2) is 97.2 Å². The first-order valence-corrected chi connectivity index (χ1v) is 8.13. The minimum atomic E-state index is -0.0787. The zero-order chi connectivity index (χ0) is 17.1. The summed E-state index contributed by atoms with van der Waals surface area (Å²) in [5, 5.41) is 1.00. The second-order valence-corrected chi connectivity index (χ2v) is 5.69. The fourth-order valence-electron chi connectivity index (χ4n) is 2.92. The monoisotopic (exact) mass is 324 g/mol. The molecule has 25 heavy (non-hydrogen) atoms. The summed E-state index contributed by atoms with van der Waals surface area (Å²) in [7, 11) is 0. The number of amides is 1. The molecule has 3 nitrogen and oxygen atoms in total. The van der Waals surface area contributed by atoms with Crippen molar-refractivity contribution in [2.75, 3.05) is 4.90 Å². The Morgan fingerprint density at radius 1 is 0.720 bits per heavy atom. The summed E-state index contributed by atoms with van der Waals surface area (Å²) >= 11 is 0. The van der Waals surface area contributed by atoms with E-state index in [-0.39, 0.29) is 5.91 Å². The van der Waals surface area contributed by atoms with Crippen molar-refractivity contribution < 1.29 is 4.79 Å². The van der Waals surface area contributed by atoms with E-state index >= 15 is 0 Å². The van der Waals surface area contributed by atoms with E-state index in [1.165, 1.54) is 0 Å². The lowest BCUT2D eigenvalue weighted by Gasteiger charge is -2.24. The van der Waals surface area contributed by atoms with Gasteiger partial charge in [-0.25, -0.2) is 0 Å². The molecule has 0 aliphatic heterocycles. The molecule has 0 fully saturated rings. The van der Waals surface area contributed by atoms with Crippen molar-refractivity contribution in [2.45, 2.75) is 0 Å². The van der Waals surface area contributed by atoms with Crippen molar-refractivity contribution in [3.05, 3.63) is 103 Å². The number of anilines is 2. The minimum Gasteiger partial charge on any atom is -0.275 e. The Morgan fingerprint density at radius 2 is 1.40 bits per heavy atom. The zero-order valence-electron chi connectivity index (χ0n) is 13.5. The summed E-state index contributed by atoms with van der Waals surface area (Å²) in [4.78, 5) is 19.5. The fraction of sp³-hybridized carbons (Fsp3) is 0. The predicted molar refractivity (Wildman–Crippen MR) is 101 cm³/mol. The molecule has 4 aromatic rings. The lowest BCUT2D eigenvalue weighted by molar-refractivity contribution is 0.0999. The fourth-order valence-corrected chi connectivity index (χ4v) is 2.92. The average Bonchev–Trinajstić information content (AvgIpc) is 2.70. The molecule has 1 aromatic heterocycles. The van der Waals surface area contributed by atoms with E-state index < -0.39 is 0 Å². The molecule has 0 aliphatic rings. The molecule has 1 amide bonds. The van der Waals surface area contributed by atoms with Crippen molar-refractivity contribution in [1.29, 1.82) is 0 Å². The van der Waals surface area contributed by atoms with Gasteiger partial charge in [0.1, 0.15) is 0 Å². The van der Waals surface area contributed by atoms with Gasteiger partial charge < -0.3 is 0 Å². The Kier molecular flexibility index (Phi) is 3.97. The number of para-hydroxylation sites is 2. The number of benzene rings is 3. The van der Waals surface area contributed by atoms with E-state index in [1.807, 2.05) is 91.0 Å². The molecule has 0 unspecified atom stereocenters. The molecule has 0 saturated carbocycles. The Hall–Kier alpha value is -3.46. The van der Waals surface area contributed by atoms with Gasteiger partial charge in [0, 0.05) is 22.8 Å². The van der Waals surface area contributed by atoms with Crippen LogP contribution >= 0.6 is 0 Å². The van der Waals surface area contributed by atoms with E-state index in [4.69, 9.17) is 0 Å². The number of carbonyl (C=O) groups excluding carboxylic acids is 1. The minimum absolute atomic E-state index is 0.0787. The topological polar surface area (TPSA) is 33.2 Å². The van der Waals surface area contributed by atoms with Gasteiger partial charge >= 0.3 is 0 Å². The van der Waals surface area contributed by atoms with Crippen molar-refractivity contribution >= 4 is 28.2 Å². The Morgan fingerprint density at radius 3 is 2.16 bits per heavy atom. The largest absolute Gasteiger partial charge is 0.275 e. The number of hydrogen-bond acceptors (Lipinski definition) is 2. The molecular formula is C22H16N2O. The average molecular weight is 324 g/mol. The molecule has 1 heterocycles. The van der Waals surface area contributed by atoms with Crippen LogP contribution in [0.2, 0.25) is 0 Å². The number of aromatic nitrogens is 1. The van der Waals surface area contributed by atoms with E-state index in [0.717, 1.165) is 22.3 Å². The molecule has 0 spiro atoms. The van der Waals surface area contributed by atoms with Crippen LogP contribution in [-0.4, -0.2) is 10.9 Å². The van der Waals surface area contributed by atoms with Crippen LogP contribution < -0.4 is 4.90 Å². The third-order valence-electron chi connectivity index (χ3n) is 4.09. The van der Waals surface area contributed by atoms with Crippen LogP contribution in [-0.2, 0) is 0 Å². The van der Waals surface area contributed by atoms with Crippen LogP contribution in [0.4, 0.5) is 11.4 Å². The van der Waals surface area contributed by atoms with E-state index in [1.54, 1.807) is 11.1 Å². The number of carbonyl (C=O) groups is 1. The quantitative estimate of drug-likeness (QED) is 0.518. The molecule has 0 atom stereocenters. The van der Waals surface area contributed by atoms with Gasteiger partial charge in [-0.3, -0.25) is 14.7 Å². The van der Waals surface area contributed by atoms with Crippen LogP contribution in [0, 0.1) is 0 Å². The maximum atomic E-state index is 13.3. The Bertz CT molecular complexity index is 1010. The Labute approximate surface area is 146 Å². The first-order chi connectivity index (χ1) is 12.3. The summed E-state index contributed by atoms with van der Waals surface area (Å²) in [5.74, 6) is -0.0787. The highest BCUT2D eigenvalue weighted by atomic mass is 16.2. The summed E-state index contributed by atoms with van der Waals surface area (Å²) < 4.78 is 0. The molecule has 0 saturated heterocycles. The Balaban J connectivity index is 1.93. The highest BCUT2D eigenvalue weighted by Crippen LogP contribution is 2.32. The van der Waals surface area contributed by atoms with Crippen LogP contribution in [0.25, 0.3) is 10.9 Å². The van der Waals surface area contributed by atoms with Gasteiger partial charge in [-0.2, -0.15) is 0 Å². The third-order valence-corrected chi connectivity index (χ3v) is 4.09. The SMILES string of the molecule is O=C(c1ccccc1)N(c1ccccc1)c1cccc2cccnc12. The van der Waals surface area contributed by atoms with Crippen LogP contribution in [0.5, 0.6) is 0 Å². The highest BCUT2D eigenvalue weighted by molar-refractivity contribution is 6.14. The van der Waals surface area contributed by atoms with Crippen molar-refractivity contribution in [3.8, 4) is 0 Å². The van der Waals surface area contributed by atoms with Crippen LogP contribution in [0.1, 0.15) is 10.4 Å². The van der Waals surface area contributed by atoms with E-state index in [2.05, 4.69) is 4.98 Å². The maximum Gasteiger partial charge on any atom is 0.262 e. The van der Waals surface area contributed by atoms with Gasteiger partial charge in [0.25, 0.3) is 5.91 Å². The molecule has 0 aliphatic carbocycles. The molecule has 3 heteroatoms. The molecular weight excluding hydrogens is 308 g/mol. The standard InChI is InChI=1S/C22H16N2O/c25-22(18-9-3-1-4-10-18)24(19-13-5-2-6-14-19)20-15-7-11-17-12-8-16-23-21(17)20/h1-16H. The maximum absolute atomic E-state index is 13.3. The smallest absolute Gasteiger partial charge is 0.262 e. The number of pyridine rings is 1. The summed E-state index contributed by atoms with van der Waals surface area (Å²) in [6.45, 7) is 0. The second kappa shape index (κ2) is 6.57. The zero-order valence-corrected chi connectivity index (χ0v) is 13.5. The van der Waals surface area contributed by atoms with Crippen molar-refractivity contribution in [3.63, 3.8) is 0 Å². The van der Waals surface area contributed by atoms with Gasteiger partial charge in [-0.05, 0) is 36.4 Å². The number of hydrogen-bond donors (Lipinski definition) is 0. The number of fused-ring (bicyclic) bond motifs is 1. The normalized spacial score (nSPS) is 10.6. The molecule has 120 valence electrons. The van der Waals surface area contributed by atoms with E-state index in [9.17, 15) is 4.79 Å². The summed E-state index contributed by atoms with van der Waals surface area (Å²) in [6.07, 6.45) is 1.75. The molecule has 4 rings (SSSR count). The van der Waals surface area contributed by atoms with Gasteiger partial charge in [0.15, 0.2) is 0 Å². The van der Waals surface area contributed by atoms with Crippen molar-refractivity contribution in [1.82, 2.24) is 4.98 Å². The highest BCUT2D eigenvalue weighted by Gasteiger charge is 2.21. The summed E-state index contributed by atoms with van der Waals surface area (Å²) in [5.41, 5.74) is 3.03. The van der Waals surface area contributed by atoms with Crippen molar-refractivity contribution in [2.24, 2.45) is 0 Å². The van der Waals surface area contributed by atoms with E-state index in [0.29, 0.717) is 5.56 Å². The lowest BCUT2D eigenvalue weighted by atomic mass is 10.1. The molecule has 3 aromatic carbocycles. The third kappa shape index (κ3) is 2.88. The lowest BCUT2D eigenvalue weighted by Crippen LogP contribution is -2.26. The van der Waals surface area contributed by atoms with Gasteiger partial charge in [-0.15, -0.1) is 0 Å². The first kappa shape index (κ1) is 15.1. The first-order valence-electron chi connectivity index (χ1n) is 8.13. The molecule has 0 radical (unpaired) electrons. The number of rotatable bonds is 3. The molecule has 0 N–H and O–H groups in total. The number of nitrogens with zero attached hydrogens (tertiary/aromatic N) is 2. The van der Waals surface area contributed by atoms with Gasteiger partial charge in [0.05, 0.1) is 11.2 Å². The second-order valence-electron chi connectivity index (χ2n) is 5.69. The predicted octanol–water partition coefficient (Wildman–Crippen LogP) is 5.21. The van der Waals surface area contributed by atoms with Crippen LogP contribution in [0.3, 0.4) is 0 Å². The summed E-state index contributed by atoms with van der Waals surface area (Å²) in [6, 6.07) is 28.8. The van der Waals surface area contributed by atoms with Gasteiger partial charge in [-0.1, -0.05) is 54.6 Å². The molecule has 0 bridgehead atoms. The van der Waals surface area contributed by atoms with Gasteiger partial charge in [0.2, 0.25) is 0 Å².